The molecule has 3 aromatic rings. The maximum atomic E-state index is 13.2. The van der Waals surface area contributed by atoms with Gasteiger partial charge in [-0.2, -0.15) is 0 Å². The summed E-state index contributed by atoms with van der Waals surface area (Å²) < 4.78 is 40.4. The molecule has 0 aliphatic carbocycles. The molecule has 1 N–H and O–H groups in total. The van der Waals surface area contributed by atoms with Gasteiger partial charge in [-0.25, -0.2) is 16.8 Å². The topological polar surface area (TPSA) is 51.1 Å². The Kier molecular flexibility index (Phi) is 6.00. The van der Waals surface area contributed by atoms with Gasteiger partial charge in [-0.05, 0) is 60.6 Å². The molecule has 0 atom stereocenters. The zero-order valence-electron chi connectivity index (χ0n) is 13.5. The van der Waals surface area contributed by atoms with Crippen LogP contribution in [0.4, 0.5) is 4.39 Å². The zero-order chi connectivity index (χ0) is 17.2. The minimum atomic E-state index is -3.73. The Balaban J connectivity index is 0.00000225. The Bertz CT molecular complexity index is 939. The van der Waals surface area contributed by atoms with Crippen LogP contribution in [0.3, 0.4) is 0 Å². The lowest BCUT2D eigenvalue weighted by molar-refractivity contribution is 0.588. The predicted molar refractivity (Wildman–Crippen MR) is 98.9 cm³/mol. The van der Waals surface area contributed by atoms with Crippen molar-refractivity contribution in [3.63, 3.8) is 0 Å². The van der Waals surface area contributed by atoms with E-state index in [0.29, 0.717) is 17.8 Å². The van der Waals surface area contributed by atoms with Crippen molar-refractivity contribution in [1.29, 1.82) is 0 Å². The Morgan fingerprint density at radius 3 is 2.28 bits per heavy atom. The van der Waals surface area contributed by atoms with Gasteiger partial charge in [0.15, 0.2) is 0 Å². The summed E-state index contributed by atoms with van der Waals surface area (Å²) in [4.78, 5) is 0.208. The van der Waals surface area contributed by atoms with Crippen molar-refractivity contribution in [3.8, 4) is 11.3 Å². The van der Waals surface area contributed by atoms with Crippen LogP contribution in [0.2, 0.25) is 0 Å². The van der Waals surface area contributed by atoms with Crippen molar-refractivity contribution >= 4 is 22.4 Å². The van der Waals surface area contributed by atoms with Gasteiger partial charge in [0.05, 0.1) is 10.6 Å². The van der Waals surface area contributed by atoms with Crippen molar-refractivity contribution in [1.82, 2.24) is 9.29 Å². The molecule has 1 heterocycles. The molecule has 0 spiro atoms. The van der Waals surface area contributed by atoms with Gasteiger partial charge in [0, 0.05) is 12.7 Å². The molecular formula is C18H18ClFN2O2S. The summed E-state index contributed by atoms with van der Waals surface area (Å²) in [5, 5.41) is 3.01. The van der Waals surface area contributed by atoms with Crippen LogP contribution in [0.1, 0.15) is 5.56 Å². The highest BCUT2D eigenvalue weighted by Gasteiger charge is 2.21. The number of halogens is 2. The Morgan fingerprint density at radius 1 is 1.04 bits per heavy atom. The lowest BCUT2D eigenvalue weighted by Crippen LogP contribution is -2.13. The van der Waals surface area contributed by atoms with Crippen molar-refractivity contribution in [2.75, 3.05) is 7.05 Å². The highest BCUT2D eigenvalue weighted by atomic mass is 35.5. The largest absolute Gasteiger partial charge is 0.316 e. The quantitative estimate of drug-likeness (QED) is 0.734. The van der Waals surface area contributed by atoms with E-state index < -0.39 is 10.0 Å². The molecule has 132 valence electrons. The maximum absolute atomic E-state index is 13.2. The molecule has 2 aromatic carbocycles. The number of hydrogen-bond donors (Lipinski definition) is 1. The first-order valence-corrected chi connectivity index (χ1v) is 8.89. The summed E-state index contributed by atoms with van der Waals surface area (Å²) in [7, 11) is -1.94. The van der Waals surface area contributed by atoms with Crippen LogP contribution in [0.25, 0.3) is 11.3 Å². The zero-order valence-corrected chi connectivity index (χ0v) is 15.1. The third-order valence-electron chi connectivity index (χ3n) is 3.66. The number of hydrogen-bond acceptors (Lipinski definition) is 3. The molecule has 0 aliphatic heterocycles. The van der Waals surface area contributed by atoms with E-state index in [9.17, 15) is 12.8 Å². The second-order valence-corrected chi connectivity index (χ2v) is 7.20. The lowest BCUT2D eigenvalue weighted by atomic mass is 10.1. The SMILES string of the molecule is CNCc1cc(-c2ccc(F)cc2)n(S(=O)(=O)c2ccccc2)c1.Cl. The van der Waals surface area contributed by atoms with Crippen molar-refractivity contribution in [3.05, 3.63) is 78.2 Å². The third kappa shape index (κ3) is 3.92. The average molecular weight is 381 g/mol. The Labute approximate surface area is 152 Å². The van der Waals surface area contributed by atoms with Crippen molar-refractivity contribution in [2.24, 2.45) is 0 Å². The monoisotopic (exact) mass is 380 g/mol. The molecule has 4 nitrogen and oxygen atoms in total. The number of nitrogens with zero attached hydrogens (tertiary/aromatic N) is 1. The fourth-order valence-corrected chi connectivity index (χ4v) is 3.95. The van der Waals surface area contributed by atoms with Crippen LogP contribution < -0.4 is 5.32 Å². The first-order valence-electron chi connectivity index (χ1n) is 7.45. The molecule has 25 heavy (non-hydrogen) atoms. The van der Waals surface area contributed by atoms with E-state index in [1.54, 1.807) is 61.8 Å². The fraction of sp³-hybridized carbons (Fsp3) is 0.111. The molecule has 0 saturated heterocycles. The molecule has 3 rings (SSSR count). The summed E-state index contributed by atoms with van der Waals surface area (Å²) in [6.45, 7) is 0.533. The summed E-state index contributed by atoms with van der Waals surface area (Å²) in [5.74, 6) is -0.363. The molecule has 0 radical (unpaired) electrons. The van der Waals surface area contributed by atoms with Gasteiger partial charge >= 0.3 is 0 Å². The van der Waals surface area contributed by atoms with E-state index in [2.05, 4.69) is 5.32 Å². The predicted octanol–water partition coefficient (Wildman–Crippen LogP) is 3.67. The number of benzene rings is 2. The van der Waals surface area contributed by atoms with E-state index >= 15 is 0 Å². The second-order valence-electron chi connectivity index (χ2n) is 5.38. The van der Waals surface area contributed by atoms with Gasteiger partial charge in [-0.1, -0.05) is 18.2 Å². The van der Waals surface area contributed by atoms with Gasteiger partial charge in [0.25, 0.3) is 10.0 Å². The smallest absolute Gasteiger partial charge is 0.268 e. The van der Waals surface area contributed by atoms with E-state index in [0.717, 1.165) is 5.56 Å². The van der Waals surface area contributed by atoms with Crippen molar-refractivity contribution in [2.45, 2.75) is 11.4 Å². The van der Waals surface area contributed by atoms with Gasteiger partial charge in [-0.3, -0.25) is 0 Å². The second kappa shape index (κ2) is 7.82. The maximum Gasteiger partial charge on any atom is 0.268 e. The first-order chi connectivity index (χ1) is 11.5. The van der Waals surface area contributed by atoms with E-state index in [4.69, 9.17) is 0 Å². The number of nitrogens with one attached hydrogen (secondary N) is 1. The first kappa shape index (κ1) is 19.2. The number of rotatable bonds is 5. The summed E-state index contributed by atoms with van der Waals surface area (Å²) in [5.41, 5.74) is 1.97. The van der Waals surface area contributed by atoms with Crippen LogP contribution in [-0.2, 0) is 16.6 Å². The van der Waals surface area contributed by atoms with Crippen molar-refractivity contribution < 1.29 is 12.8 Å². The summed E-state index contributed by atoms with van der Waals surface area (Å²) >= 11 is 0. The van der Waals surface area contributed by atoms with E-state index in [1.807, 2.05) is 0 Å². The molecular weight excluding hydrogens is 363 g/mol. The van der Waals surface area contributed by atoms with Gasteiger partial charge in [0.2, 0.25) is 0 Å². The van der Waals surface area contributed by atoms with Crippen LogP contribution in [0.5, 0.6) is 0 Å². The minimum absolute atomic E-state index is 0. The molecule has 0 saturated carbocycles. The normalized spacial score (nSPS) is 11.1. The molecule has 0 unspecified atom stereocenters. The lowest BCUT2D eigenvalue weighted by Gasteiger charge is -2.10. The molecule has 1 aromatic heterocycles. The third-order valence-corrected chi connectivity index (χ3v) is 5.35. The highest BCUT2D eigenvalue weighted by molar-refractivity contribution is 7.90. The number of aromatic nitrogens is 1. The van der Waals surface area contributed by atoms with Crippen LogP contribution >= 0.6 is 12.4 Å². The van der Waals surface area contributed by atoms with Gasteiger partial charge in [0.1, 0.15) is 5.82 Å². The Hall–Kier alpha value is -2.15. The Morgan fingerprint density at radius 2 is 1.68 bits per heavy atom. The standard InChI is InChI=1S/C18H17FN2O2S.ClH/c1-20-12-14-11-18(15-7-9-16(19)10-8-15)21(13-14)24(22,23)17-5-3-2-4-6-17;/h2-11,13,20H,12H2,1H3;1H. The fourth-order valence-electron chi connectivity index (χ4n) is 2.53. The molecule has 0 fully saturated rings. The molecule has 0 amide bonds. The molecule has 0 bridgehead atoms. The van der Waals surface area contributed by atoms with Crippen LogP contribution in [0.15, 0.2) is 71.8 Å². The van der Waals surface area contributed by atoms with Crippen LogP contribution in [-0.4, -0.2) is 19.4 Å². The molecule has 7 heteroatoms. The summed E-state index contributed by atoms with van der Waals surface area (Å²) in [6.07, 6.45) is 1.59. The molecule has 0 aliphatic rings. The van der Waals surface area contributed by atoms with E-state index in [-0.39, 0.29) is 23.1 Å². The average Bonchev–Trinajstić information content (AvgIpc) is 3.01. The minimum Gasteiger partial charge on any atom is -0.316 e. The van der Waals surface area contributed by atoms with Gasteiger partial charge < -0.3 is 5.32 Å². The summed E-state index contributed by atoms with van der Waals surface area (Å²) in [6, 6.07) is 15.8. The van der Waals surface area contributed by atoms with Gasteiger partial charge in [-0.15, -0.1) is 12.4 Å². The highest BCUT2D eigenvalue weighted by Crippen LogP contribution is 2.27. The van der Waals surface area contributed by atoms with Crippen LogP contribution in [0, 0.1) is 5.82 Å². The van der Waals surface area contributed by atoms with E-state index in [1.165, 1.54) is 16.1 Å².